The minimum Gasteiger partial charge on any atom is -0.398 e. The number of anilines is 1. The SMILES string of the molecule is CCCCc1ccc2[nH]c3ccccc3c(=O)c2c1N. The first-order valence-electron chi connectivity index (χ1n) is 7.04. The number of nitrogen functional groups attached to an aromatic ring is 1. The molecule has 3 nitrogen and oxygen atoms in total. The lowest BCUT2D eigenvalue weighted by atomic mass is 10.0. The second kappa shape index (κ2) is 5.00. The van der Waals surface area contributed by atoms with E-state index in [1.54, 1.807) is 0 Å². The molecule has 3 aromatic rings. The molecule has 20 heavy (non-hydrogen) atoms. The van der Waals surface area contributed by atoms with Crippen molar-refractivity contribution in [1.82, 2.24) is 4.98 Å². The molecule has 0 saturated carbocycles. The van der Waals surface area contributed by atoms with Gasteiger partial charge in [0, 0.05) is 16.6 Å². The number of nitrogens with two attached hydrogens (primary N) is 1. The van der Waals surface area contributed by atoms with Crippen molar-refractivity contribution in [1.29, 1.82) is 0 Å². The van der Waals surface area contributed by atoms with Crippen molar-refractivity contribution in [3.63, 3.8) is 0 Å². The van der Waals surface area contributed by atoms with Gasteiger partial charge in [-0.25, -0.2) is 0 Å². The molecule has 0 bridgehead atoms. The van der Waals surface area contributed by atoms with Crippen LogP contribution in [0.2, 0.25) is 0 Å². The Morgan fingerprint density at radius 3 is 2.70 bits per heavy atom. The predicted octanol–water partition coefficient (Wildman–Crippen LogP) is 3.61. The average molecular weight is 266 g/mol. The highest BCUT2D eigenvalue weighted by Crippen LogP contribution is 2.24. The van der Waals surface area contributed by atoms with Gasteiger partial charge in [-0.2, -0.15) is 0 Å². The zero-order chi connectivity index (χ0) is 14.1. The van der Waals surface area contributed by atoms with E-state index < -0.39 is 0 Å². The Bertz CT molecular complexity index is 833. The molecule has 0 fully saturated rings. The lowest BCUT2D eigenvalue weighted by Crippen LogP contribution is -2.08. The monoisotopic (exact) mass is 266 g/mol. The third kappa shape index (κ3) is 1.95. The summed E-state index contributed by atoms with van der Waals surface area (Å²) >= 11 is 0. The molecular weight excluding hydrogens is 248 g/mol. The summed E-state index contributed by atoms with van der Waals surface area (Å²) in [6.45, 7) is 2.15. The van der Waals surface area contributed by atoms with E-state index in [0.717, 1.165) is 35.9 Å². The number of aryl methyl sites for hydroxylation is 1. The number of aromatic nitrogens is 1. The molecule has 0 aliphatic carbocycles. The summed E-state index contributed by atoms with van der Waals surface area (Å²) in [4.78, 5) is 15.9. The largest absolute Gasteiger partial charge is 0.398 e. The van der Waals surface area contributed by atoms with Gasteiger partial charge in [-0.05, 0) is 36.6 Å². The number of benzene rings is 2. The summed E-state index contributed by atoms with van der Waals surface area (Å²) in [5.41, 5.74) is 9.61. The van der Waals surface area contributed by atoms with Crippen LogP contribution in [0.15, 0.2) is 41.2 Å². The quantitative estimate of drug-likeness (QED) is 0.562. The van der Waals surface area contributed by atoms with E-state index >= 15 is 0 Å². The zero-order valence-electron chi connectivity index (χ0n) is 11.6. The molecule has 3 heteroatoms. The maximum Gasteiger partial charge on any atom is 0.199 e. The van der Waals surface area contributed by atoms with Gasteiger partial charge < -0.3 is 10.7 Å². The van der Waals surface area contributed by atoms with E-state index in [-0.39, 0.29) is 5.43 Å². The number of aromatic amines is 1. The smallest absolute Gasteiger partial charge is 0.199 e. The van der Waals surface area contributed by atoms with Crippen LogP contribution in [0.5, 0.6) is 0 Å². The Labute approximate surface area is 117 Å². The number of fused-ring (bicyclic) bond motifs is 2. The van der Waals surface area contributed by atoms with Crippen molar-refractivity contribution in [3.05, 3.63) is 52.2 Å². The second-order valence-corrected chi connectivity index (χ2v) is 5.16. The molecule has 0 unspecified atom stereocenters. The molecule has 2 aromatic carbocycles. The van der Waals surface area contributed by atoms with Crippen molar-refractivity contribution in [2.45, 2.75) is 26.2 Å². The first-order valence-corrected chi connectivity index (χ1v) is 7.04. The number of nitrogens with one attached hydrogen (secondary N) is 1. The van der Waals surface area contributed by atoms with Gasteiger partial charge in [0.05, 0.1) is 10.9 Å². The van der Waals surface area contributed by atoms with Gasteiger partial charge in [0.25, 0.3) is 0 Å². The normalized spacial score (nSPS) is 11.2. The number of pyridine rings is 1. The molecule has 0 saturated heterocycles. The van der Waals surface area contributed by atoms with Crippen LogP contribution in [0.1, 0.15) is 25.3 Å². The maximum absolute atomic E-state index is 12.6. The van der Waals surface area contributed by atoms with Gasteiger partial charge in [0.15, 0.2) is 5.43 Å². The molecule has 0 aliphatic heterocycles. The van der Waals surface area contributed by atoms with Crippen LogP contribution in [0.4, 0.5) is 5.69 Å². The molecule has 0 radical (unpaired) electrons. The molecule has 0 amide bonds. The molecule has 0 atom stereocenters. The van der Waals surface area contributed by atoms with E-state index in [9.17, 15) is 4.79 Å². The number of H-pyrrole nitrogens is 1. The minimum atomic E-state index is 0.0187. The van der Waals surface area contributed by atoms with Gasteiger partial charge in [-0.1, -0.05) is 31.5 Å². The summed E-state index contributed by atoms with van der Waals surface area (Å²) < 4.78 is 0. The lowest BCUT2D eigenvalue weighted by molar-refractivity contribution is 0.797. The van der Waals surface area contributed by atoms with Gasteiger partial charge in [0.1, 0.15) is 0 Å². The highest BCUT2D eigenvalue weighted by molar-refractivity contribution is 5.99. The molecule has 1 heterocycles. The fraction of sp³-hybridized carbons (Fsp3) is 0.235. The highest BCUT2D eigenvalue weighted by atomic mass is 16.1. The third-order valence-corrected chi connectivity index (χ3v) is 3.80. The Kier molecular flexibility index (Phi) is 3.18. The predicted molar refractivity (Wildman–Crippen MR) is 85.1 cm³/mol. The molecule has 1 aromatic heterocycles. The van der Waals surface area contributed by atoms with Crippen LogP contribution in [-0.4, -0.2) is 4.98 Å². The lowest BCUT2D eigenvalue weighted by Gasteiger charge is -2.09. The van der Waals surface area contributed by atoms with Crippen LogP contribution in [0.3, 0.4) is 0 Å². The summed E-state index contributed by atoms with van der Waals surface area (Å²) in [6, 6.07) is 11.5. The van der Waals surface area contributed by atoms with Crippen LogP contribution >= 0.6 is 0 Å². The summed E-state index contributed by atoms with van der Waals surface area (Å²) in [5, 5.41) is 1.32. The van der Waals surface area contributed by atoms with E-state index in [1.165, 1.54) is 0 Å². The van der Waals surface area contributed by atoms with E-state index in [0.29, 0.717) is 16.5 Å². The van der Waals surface area contributed by atoms with Crippen LogP contribution in [0, 0.1) is 0 Å². The van der Waals surface area contributed by atoms with Gasteiger partial charge in [-0.15, -0.1) is 0 Å². The number of hydrogen-bond acceptors (Lipinski definition) is 2. The Morgan fingerprint density at radius 2 is 1.90 bits per heavy atom. The van der Waals surface area contributed by atoms with E-state index in [2.05, 4.69) is 11.9 Å². The van der Waals surface area contributed by atoms with E-state index in [4.69, 9.17) is 5.73 Å². The number of rotatable bonds is 3. The molecule has 0 aliphatic rings. The van der Waals surface area contributed by atoms with Crippen molar-refractivity contribution in [3.8, 4) is 0 Å². The molecule has 0 spiro atoms. The number of para-hydroxylation sites is 1. The highest BCUT2D eigenvalue weighted by Gasteiger charge is 2.10. The third-order valence-electron chi connectivity index (χ3n) is 3.80. The molecule has 3 N–H and O–H groups in total. The molecular formula is C17H18N2O. The first kappa shape index (κ1) is 12.7. The minimum absolute atomic E-state index is 0.0187. The summed E-state index contributed by atoms with van der Waals surface area (Å²) in [7, 11) is 0. The van der Waals surface area contributed by atoms with Gasteiger partial charge >= 0.3 is 0 Å². The van der Waals surface area contributed by atoms with Crippen LogP contribution in [-0.2, 0) is 6.42 Å². The number of unbranched alkanes of at least 4 members (excludes halogenated alkanes) is 1. The summed E-state index contributed by atoms with van der Waals surface area (Å²) in [6.07, 6.45) is 3.12. The van der Waals surface area contributed by atoms with Crippen LogP contribution < -0.4 is 11.2 Å². The van der Waals surface area contributed by atoms with Crippen molar-refractivity contribution >= 4 is 27.5 Å². The first-order chi connectivity index (χ1) is 9.72. The zero-order valence-corrected chi connectivity index (χ0v) is 11.6. The van der Waals surface area contributed by atoms with Crippen molar-refractivity contribution < 1.29 is 0 Å². The fourth-order valence-electron chi connectivity index (χ4n) is 2.67. The standard InChI is InChI=1S/C17H18N2O/c1-2-3-6-11-9-10-14-15(16(11)18)17(20)12-7-4-5-8-13(12)19-14/h4-5,7-10H,2-3,6,18H2,1H3,(H,19,20). The topological polar surface area (TPSA) is 58.9 Å². The van der Waals surface area contributed by atoms with Crippen molar-refractivity contribution in [2.24, 2.45) is 0 Å². The second-order valence-electron chi connectivity index (χ2n) is 5.16. The van der Waals surface area contributed by atoms with E-state index in [1.807, 2.05) is 36.4 Å². The van der Waals surface area contributed by atoms with Gasteiger partial charge in [0.2, 0.25) is 0 Å². The summed E-state index contributed by atoms with van der Waals surface area (Å²) in [5.74, 6) is 0. The van der Waals surface area contributed by atoms with Gasteiger partial charge in [-0.3, -0.25) is 4.79 Å². The average Bonchev–Trinajstić information content (AvgIpc) is 2.47. The molecule has 102 valence electrons. The molecule has 3 rings (SSSR count). The fourth-order valence-corrected chi connectivity index (χ4v) is 2.67. The Hall–Kier alpha value is -2.29. The van der Waals surface area contributed by atoms with Crippen LogP contribution in [0.25, 0.3) is 21.8 Å². The number of hydrogen-bond donors (Lipinski definition) is 2. The van der Waals surface area contributed by atoms with Crippen molar-refractivity contribution in [2.75, 3.05) is 5.73 Å². The Balaban J connectivity index is 2.33. The Morgan fingerprint density at radius 1 is 1.10 bits per heavy atom. The maximum atomic E-state index is 12.6.